The Hall–Kier alpha value is -0.223. The molecule has 0 aromatic carbocycles. The summed E-state index contributed by atoms with van der Waals surface area (Å²) < 4.78 is 0. The monoisotopic (exact) mass is 238 g/mol. The molecule has 0 aromatic heterocycles. The van der Waals surface area contributed by atoms with Crippen molar-refractivity contribution in [1.82, 2.24) is 0 Å². The van der Waals surface area contributed by atoms with Crippen LogP contribution in [-0.4, -0.2) is 8.07 Å². The molecular formula is C15H30Si. The highest BCUT2D eigenvalue weighted by atomic mass is 28.3. The van der Waals surface area contributed by atoms with Crippen molar-refractivity contribution in [3.8, 4) is 11.5 Å². The van der Waals surface area contributed by atoms with Crippen LogP contribution in [0.4, 0.5) is 0 Å². The fourth-order valence-corrected chi connectivity index (χ4v) is 4.04. The smallest absolute Gasteiger partial charge is 0.132 e. The van der Waals surface area contributed by atoms with Gasteiger partial charge in [0.05, 0.1) is 0 Å². The van der Waals surface area contributed by atoms with Gasteiger partial charge in [-0.3, -0.25) is 0 Å². The fourth-order valence-electron chi connectivity index (χ4n) is 2.10. The molecule has 0 aromatic rings. The Bertz CT molecular complexity index is 207. The first kappa shape index (κ1) is 15.8. The largest absolute Gasteiger partial charge is 0.132 e. The molecule has 0 bridgehead atoms. The van der Waals surface area contributed by atoms with Crippen LogP contribution in [0.5, 0.6) is 0 Å². The van der Waals surface area contributed by atoms with Crippen molar-refractivity contribution in [3.05, 3.63) is 0 Å². The van der Waals surface area contributed by atoms with Crippen LogP contribution < -0.4 is 0 Å². The number of unbranched alkanes of at least 4 members (excludes halogenated alkanes) is 7. The van der Waals surface area contributed by atoms with E-state index in [0.717, 1.165) is 0 Å². The Morgan fingerprint density at radius 1 is 0.812 bits per heavy atom. The summed E-state index contributed by atoms with van der Waals surface area (Å²) in [5.74, 6) is 3.09. The highest BCUT2D eigenvalue weighted by Crippen LogP contribution is 2.15. The number of rotatable bonds is 9. The zero-order valence-corrected chi connectivity index (χ0v) is 12.9. The summed E-state index contributed by atoms with van der Waals surface area (Å²) in [4.78, 5) is 0. The van der Waals surface area contributed by atoms with Gasteiger partial charge in [0.1, 0.15) is 8.07 Å². The Labute approximate surface area is 104 Å². The molecule has 0 unspecified atom stereocenters. The Kier molecular flexibility index (Phi) is 9.83. The van der Waals surface area contributed by atoms with Gasteiger partial charge in [-0.15, -0.1) is 11.5 Å². The minimum absolute atomic E-state index is 1.15. The van der Waals surface area contributed by atoms with Crippen LogP contribution in [0.1, 0.15) is 65.2 Å². The normalized spacial score (nSPS) is 11.0. The lowest BCUT2D eigenvalue weighted by Gasteiger charge is -2.13. The molecule has 94 valence electrons. The third-order valence-electron chi connectivity index (χ3n) is 3.12. The summed E-state index contributed by atoms with van der Waals surface area (Å²) >= 11 is 0. The lowest BCUT2D eigenvalue weighted by molar-refractivity contribution is 0.584. The zero-order valence-electron chi connectivity index (χ0n) is 11.9. The molecule has 0 aliphatic heterocycles. The lowest BCUT2D eigenvalue weighted by atomic mass is 10.1. The topological polar surface area (TPSA) is 0 Å². The third kappa shape index (κ3) is 10.3. The fraction of sp³-hybridized carbons (Fsp3) is 0.867. The van der Waals surface area contributed by atoms with Gasteiger partial charge in [0.2, 0.25) is 0 Å². The Morgan fingerprint density at radius 3 is 1.81 bits per heavy atom. The van der Waals surface area contributed by atoms with Crippen molar-refractivity contribution in [2.45, 2.75) is 84.4 Å². The van der Waals surface area contributed by atoms with E-state index in [4.69, 9.17) is 0 Å². The summed E-state index contributed by atoms with van der Waals surface area (Å²) in [7, 11) is -1.15. The second-order valence-corrected chi connectivity index (χ2v) is 10.0. The first-order valence-electron chi connectivity index (χ1n) is 7.06. The molecule has 0 fully saturated rings. The molecule has 0 nitrogen and oxygen atoms in total. The van der Waals surface area contributed by atoms with Crippen molar-refractivity contribution in [2.24, 2.45) is 0 Å². The lowest BCUT2D eigenvalue weighted by Crippen LogP contribution is -2.22. The molecule has 16 heavy (non-hydrogen) atoms. The molecule has 0 amide bonds. The molecule has 0 atom stereocenters. The highest BCUT2D eigenvalue weighted by molar-refractivity contribution is 6.85. The van der Waals surface area contributed by atoms with Crippen molar-refractivity contribution in [3.63, 3.8) is 0 Å². The molecule has 0 aliphatic carbocycles. The Morgan fingerprint density at radius 2 is 1.31 bits per heavy atom. The van der Waals surface area contributed by atoms with E-state index in [0.29, 0.717) is 0 Å². The second-order valence-electron chi connectivity index (χ2n) is 5.48. The van der Waals surface area contributed by atoms with E-state index in [2.05, 4.69) is 31.5 Å². The van der Waals surface area contributed by atoms with Gasteiger partial charge in [0, 0.05) is 0 Å². The molecule has 0 spiro atoms. The van der Waals surface area contributed by atoms with Gasteiger partial charge in [-0.2, -0.15) is 0 Å². The predicted octanol–water partition coefficient (Wildman–Crippen LogP) is 5.40. The molecule has 0 N–H and O–H groups in total. The maximum Gasteiger partial charge on any atom is 0.132 e. The third-order valence-corrected chi connectivity index (χ3v) is 5.65. The van der Waals surface area contributed by atoms with E-state index in [9.17, 15) is 0 Å². The minimum atomic E-state index is -1.15. The predicted molar refractivity (Wildman–Crippen MR) is 78.3 cm³/mol. The van der Waals surface area contributed by atoms with E-state index in [1.165, 1.54) is 57.4 Å². The van der Waals surface area contributed by atoms with Gasteiger partial charge < -0.3 is 0 Å². The van der Waals surface area contributed by atoms with Crippen LogP contribution >= 0.6 is 0 Å². The van der Waals surface area contributed by atoms with Crippen LogP contribution in [-0.2, 0) is 0 Å². The first-order valence-corrected chi connectivity index (χ1v) is 10.3. The average molecular weight is 238 g/mol. The van der Waals surface area contributed by atoms with Gasteiger partial charge in [-0.25, -0.2) is 0 Å². The summed E-state index contributed by atoms with van der Waals surface area (Å²) in [6, 6.07) is 1.39. The number of hydrogen-bond acceptors (Lipinski definition) is 0. The molecule has 1 heteroatoms. The molecule has 0 saturated heterocycles. The second kappa shape index (κ2) is 9.96. The van der Waals surface area contributed by atoms with Gasteiger partial charge >= 0.3 is 0 Å². The van der Waals surface area contributed by atoms with Crippen LogP contribution in [0.3, 0.4) is 0 Å². The molecule has 0 radical (unpaired) electrons. The zero-order chi connectivity index (χ0) is 12.3. The Balaban J connectivity index is 3.29. The van der Waals surface area contributed by atoms with Crippen molar-refractivity contribution >= 4 is 8.07 Å². The molecule has 0 rings (SSSR count). The van der Waals surface area contributed by atoms with Crippen molar-refractivity contribution < 1.29 is 0 Å². The summed E-state index contributed by atoms with van der Waals surface area (Å²) in [6.07, 6.45) is 11.4. The quantitative estimate of drug-likeness (QED) is 0.287. The maximum atomic E-state index is 3.43. The van der Waals surface area contributed by atoms with E-state index < -0.39 is 8.07 Å². The summed E-state index contributed by atoms with van der Waals surface area (Å²) in [5.41, 5.74) is 3.43. The van der Waals surface area contributed by atoms with Gasteiger partial charge in [0.25, 0.3) is 0 Å². The van der Waals surface area contributed by atoms with Crippen LogP contribution in [0.15, 0.2) is 0 Å². The van der Waals surface area contributed by atoms with Gasteiger partial charge in [-0.05, 0) is 13.0 Å². The van der Waals surface area contributed by atoms with Crippen molar-refractivity contribution in [2.75, 3.05) is 0 Å². The number of hydrogen-bond donors (Lipinski definition) is 0. The van der Waals surface area contributed by atoms with E-state index in [-0.39, 0.29) is 0 Å². The van der Waals surface area contributed by atoms with Crippen LogP contribution in [0.2, 0.25) is 19.1 Å². The maximum absolute atomic E-state index is 3.43. The minimum Gasteiger partial charge on any atom is -0.132 e. The van der Waals surface area contributed by atoms with Crippen molar-refractivity contribution in [1.29, 1.82) is 0 Å². The van der Waals surface area contributed by atoms with Gasteiger partial charge in [-0.1, -0.05) is 71.4 Å². The van der Waals surface area contributed by atoms with Crippen LogP contribution in [0.25, 0.3) is 0 Å². The average Bonchev–Trinajstić information content (AvgIpc) is 2.22. The summed E-state index contributed by atoms with van der Waals surface area (Å²) in [5, 5.41) is 0. The molecule has 0 saturated carbocycles. The van der Waals surface area contributed by atoms with Crippen LogP contribution in [0, 0.1) is 11.5 Å². The summed E-state index contributed by atoms with van der Waals surface area (Å²) in [6.45, 7) is 9.04. The van der Waals surface area contributed by atoms with E-state index in [1.54, 1.807) is 0 Å². The standard InChI is InChI=1S/C15H30Si/c1-5-7-8-9-10-11-12-13-15-16(3,4)14-6-2/h5,7-13,15H2,1-4H3. The molecular weight excluding hydrogens is 208 g/mol. The molecule has 0 heterocycles. The van der Waals surface area contributed by atoms with E-state index in [1.807, 2.05) is 6.92 Å². The SMILES string of the molecule is CC#C[Si](C)(C)CCCCCCCCCC. The molecule has 0 aliphatic rings. The first-order chi connectivity index (χ1) is 7.62. The van der Waals surface area contributed by atoms with E-state index >= 15 is 0 Å². The highest BCUT2D eigenvalue weighted by Gasteiger charge is 2.16. The van der Waals surface area contributed by atoms with Gasteiger partial charge in [0.15, 0.2) is 0 Å².